The molecule has 2 aromatic carbocycles. The molecule has 0 unspecified atom stereocenters. The molecule has 0 radical (unpaired) electrons. The SMILES string of the molecule is CC(=Cc1c(C)c(C)c(-c2ccc(NC3CCCC3)c(F)c2)c(C)c1C)C(=O)N[C@H](C)C(=O)O. The number of amides is 1. The van der Waals surface area contributed by atoms with Crippen molar-refractivity contribution in [3.05, 3.63) is 57.4 Å². The molecular weight excluding hydrogens is 431 g/mol. The molecule has 1 aliphatic rings. The summed E-state index contributed by atoms with van der Waals surface area (Å²) in [6.07, 6.45) is 6.34. The van der Waals surface area contributed by atoms with Crippen LogP contribution in [0.1, 0.15) is 67.3 Å². The normalized spacial score (nSPS) is 15.3. The van der Waals surface area contributed by atoms with E-state index in [2.05, 4.69) is 10.6 Å². The Kier molecular flexibility index (Phi) is 7.80. The summed E-state index contributed by atoms with van der Waals surface area (Å²) in [6, 6.07) is 4.78. The molecule has 1 amide bonds. The first-order valence-electron chi connectivity index (χ1n) is 11.9. The van der Waals surface area contributed by atoms with Crippen molar-refractivity contribution < 1.29 is 19.1 Å². The number of carbonyl (C=O) groups is 2. The van der Waals surface area contributed by atoms with Gasteiger partial charge in [-0.05, 0) is 112 Å². The van der Waals surface area contributed by atoms with Gasteiger partial charge in [0.15, 0.2) is 0 Å². The van der Waals surface area contributed by atoms with Gasteiger partial charge in [-0.3, -0.25) is 9.59 Å². The third-order valence-electron chi connectivity index (χ3n) is 7.09. The molecule has 1 fully saturated rings. The van der Waals surface area contributed by atoms with Crippen molar-refractivity contribution in [1.82, 2.24) is 5.32 Å². The molecule has 0 saturated heterocycles. The fraction of sp³-hybridized carbons (Fsp3) is 0.429. The number of hydrogen-bond acceptors (Lipinski definition) is 3. The fourth-order valence-electron chi connectivity index (χ4n) is 4.72. The Bertz CT molecular complexity index is 1120. The number of anilines is 1. The van der Waals surface area contributed by atoms with E-state index in [1.165, 1.54) is 19.8 Å². The Morgan fingerprint density at radius 3 is 2.18 bits per heavy atom. The van der Waals surface area contributed by atoms with Crippen LogP contribution in [0.4, 0.5) is 10.1 Å². The Labute approximate surface area is 201 Å². The van der Waals surface area contributed by atoms with Gasteiger partial charge in [0.05, 0.1) is 5.69 Å². The van der Waals surface area contributed by atoms with Crippen molar-refractivity contribution in [2.75, 3.05) is 5.32 Å². The summed E-state index contributed by atoms with van der Waals surface area (Å²) >= 11 is 0. The largest absolute Gasteiger partial charge is 0.480 e. The summed E-state index contributed by atoms with van der Waals surface area (Å²) in [5, 5.41) is 14.9. The minimum absolute atomic E-state index is 0.248. The molecule has 5 nitrogen and oxygen atoms in total. The molecule has 0 spiro atoms. The smallest absolute Gasteiger partial charge is 0.325 e. The van der Waals surface area contributed by atoms with E-state index < -0.39 is 17.9 Å². The molecule has 6 heteroatoms. The molecule has 3 N–H and O–H groups in total. The van der Waals surface area contributed by atoms with Gasteiger partial charge in [0, 0.05) is 11.6 Å². The highest BCUT2D eigenvalue weighted by atomic mass is 19.1. The number of aliphatic carboxylic acids is 1. The first kappa shape index (κ1) is 25.5. The Hall–Kier alpha value is -3.15. The van der Waals surface area contributed by atoms with Crippen LogP contribution in [0.3, 0.4) is 0 Å². The summed E-state index contributed by atoms with van der Waals surface area (Å²) < 4.78 is 15.0. The van der Waals surface area contributed by atoms with Crippen molar-refractivity contribution >= 4 is 23.6 Å². The van der Waals surface area contributed by atoms with Crippen LogP contribution >= 0.6 is 0 Å². The molecular formula is C28H35FN2O3. The van der Waals surface area contributed by atoms with Crippen molar-refractivity contribution in [1.29, 1.82) is 0 Å². The zero-order chi connectivity index (χ0) is 25.2. The van der Waals surface area contributed by atoms with Crippen molar-refractivity contribution in [3.63, 3.8) is 0 Å². The van der Waals surface area contributed by atoms with Gasteiger partial charge < -0.3 is 15.7 Å². The van der Waals surface area contributed by atoms with E-state index >= 15 is 0 Å². The predicted molar refractivity (Wildman–Crippen MR) is 136 cm³/mol. The molecule has 3 rings (SSSR count). The molecule has 0 aromatic heterocycles. The van der Waals surface area contributed by atoms with E-state index in [0.29, 0.717) is 17.3 Å². The minimum Gasteiger partial charge on any atom is -0.480 e. The third kappa shape index (κ3) is 5.32. The Morgan fingerprint density at radius 2 is 1.65 bits per heavy atom. The topological polar surface area (TPSA) is 78.4 Å². The maximum atomic E-state index is 15.0. The average Bonchev–Trinajstić information content (AvgIpc) is 3.30. The van der Waals surface area contributed by atoms with E-state index in [-0.39, 0.29) is 5.82 Å². The molecule has 0 bridgehead atoms. The Morgan fingerprint density at radius 1 is 1.06 bits per heavy atom. The number of hydrogen-bond donors (Lipinski definition) is 3. The maximum Gasteiger partial charge on any atom is 0.325 e. The second-order valence-corrected chi connectivity index (χ2v) is 9.47. The molecule has 182 valence electrons. The first-order valence-corrected chi connectivity index (χ1v) is 11.9. The third-order valence-corrected chi connectivity index (χ3v) is 7.09. The van der Waals surface area contributed by atoms with E-state index in [1.54, 1.807) is 19.1 Å². The lowest BCUT2D eigenvalue weighted by atomic mass is 9.85. The molecule has 0 aliphatic heterocycles. The van der Waals surface area contributed by atoms with E-state index in [0.717, 1.165) is 51.8 Å². The highest BCUT2D eigenvalue weighted by Crippen LogP contribution is 2.37. The summed E-state index contributed by atoms with van der Waals surface area (Å²) in [6.45, 7) is 11.1. The number of carbonyl (C=O) groups excluding carboxylic acids is 1. The zero-order valence-corrected chi connectivity index (χ0v) is 20.9. The Balaban J connectivity index is 1.95. The van der Waals surface area contributed by atoms with Crippen LogP contribution in [0.25, 0.3) is 17.2 Å². The highest BCUT2D eigenvalue weighted by molar-refractivity contribution is 5.99. The van der Waals surface area contributed by atoms with Crippen LogP contribution < -0.4 is 10.6 Å². The summed E-state index contributed by atoms with van der Waals surface area (Å²) in [7, 11) is 0. The minimum atomic E-state index is -1.08. The number of carboxylic acid groups (broad SMARTS) is 1. The van der Waals surface area contributed by atoms with E-state index in [4.69, 9.17) is 5.11 Å². The van der Waals surface area contributed by atoms with Gasteiger partial charge in [-0.25, -0.2) is 4.39 Å². The average molecular weight is 467 g/mol. The summed E-state index contributed by atoms with van der Waals surface area (Å²) in [5.74, 6) is -1.75. The van der Waals surface area contributed by atoms with Crippen LogP contribution in [0.15, 0.2) is 23.8 Å². The van der Waals surface area contributed by atoms with Gasteiger partial charge in [0.1, 0.15) is 11.9 Å². The van der Waals surface area contributed by atoms with E-state index in [1.807, 2.05) is 39.8 Å². The summed E-state index contributed by atoms with van der Waals surface area (Å²) in [4.78, 5) is 23.5. The van der Waals surface area contributed by atoms with Crippen molar-refractivity contribution in [3.8, 4) is 11.1 Å². The van der Waals surface area contributed by atoms with Gasteiger partial charge in [-0.2, -0.15) is 0 Å². The van der Waals surface area contributed by atoms with Crippen LogP contribution in [-0.4, -0.2) is 29.1 Å². The lowest BCUT2D eigenvalue weighted by molar-refractivity contribution is -0.140. The van der Waals surface area contributed by atoms with Crippen LogP contribution in [0, 0.1) is 33.5 Å². The molecule has 1 saturated carbocycles. The molecule has 2 aromatic rings. The van der Waals surface area contributed by atoms with Gasteiger partial charge in [0.2, 0.25) is 5.91 Å². The van der Waals surface area contributed by atoms with Gasteiger partial charge >= 0.3 is 5.97 Å². The van der Waals surface area contributed by atoms with Crippen LogP contribution in [0.2, 0.25) is 0 Å². The molecule has 1 aliphatic carbocycles. The molecule has 34 heavy (non-hydrogen) atoms. The number of nitrogens with one attached hydrogen (secondary N) is 2. The number of halogens is 1. The number of carboxylic acids is 1. The van der Waals surface area contributed by atoms with Gasteiger partial charge in [-0.1, -0.05) is 18.9 Å². The molecule has 0 heterocycles. The van der Waals surface area contributed by atoms with Gasteiger partial charge in [0.25, 0.3) is 0 Å². The first-order chi connectivity index (χ1) is 16.0. The van der Waals surface area contributed by atoms with Crippen molar-refractivity contribution in [2.45, 2.75) is 79.3 Å². The van der Waals surface area contributed by atoms with Gasteiger partial charge in [-0.15, -0.1) is 0 Å². The monoisotopic (exact) mass is 466 g/mol. The van der Waals surface area contributed by atoms with Crippen molar-refractivity contribution in [2.24, 2.45) is 0 Å². The predicted octanol–water partition coefficient (Wildman–Crippen LogP) is 6.07. The number of rotatable bonds is 7. The lowest BCUT2D eigenvalue weighted by Crippen LogP contribution is -2.38. The second-order valence-electron chi connectivity index (χ2n) is 9.47. The quantitative estimate of drug-likeness (QED) is 0.433. The van der Waals surface area contributed by atoms with Crippen LogP contribution in [0.5, 0.6) is 0 Å². The second kappa shape index (κ2) is 10.4. The maximum absolute atomic E-state index is 15.0. The zero-order valence-electron chi connectivity index (χ0n) is 20.9. The van der Waals surface area contributed by atoms with Crippen LogP contribution in [-0.2, 0) is 9.59 Å². The molecule has 1 atom stereocenters. The summed E-state index contributed by atoms with van der Waals surface area (Å²) in [5.41, 5.74) is 7.80. The lowest BCUT2D eigenvalue weighted by Gasteiger charge is -2.21. The standard InChI is InChI=1S/C28H35FN2O3/c1-15(27(32)30-20(6)28(33)34)13-23-16(2)18(4)26(19(5)17(23)3)21-11-12-25(24(29)14-21)31-22-9-7-8-10-22/h11-14,20,22,31H,7-10H2,1-6H3,(H,30,32)(H,33,34)/t20-/m1/s1. The van der Waals surface area contributed by atoms with E-state index in [9.17, 15) is 14.0 Å². The number of benzene rings is 2. The fourth-order valence-corrected chi connectivity index (χ4v) is 4.72. The highest BCUT2D eigenvalue weighted by Gasteiger charge is 2.20.